The lowest BCUT2D eigenvalue weighted by molar-refractivity contribution is 0.268. The summed E-state index contributed by atoms with van der Waals surface area (Å²) in [7, 11) is 0. The highest BCUT2D eigenvalue weighted by Gasteiger charge is 2.70. The zero-order valence-corrected chi connectivity index (χ0v) is 7.24. The van der Waals surface area contributed by atoms with Crippen molar-refractivity contribution >= 4 is 0 Å². The first kappa shape index (κ1) is 7.30. The highest BCUT2D eigenvalue weighted by molar-refractivity contribution is 5.26. The van der Waals surface area contributed by atoms with Crippen LogP contribution in [0.2, 0.25) is 0 Å². The number of hydrogen-bond acceptors (Lipinski definition) is 3. The van der Waals surface area contributed by atoms with E-state index in [9.17, 15) is 0 Å². The van der Waals surface area contributed by atoms with Crippen molar-refractivity contribution in [3.63, 3.8) is 0 Å². The monoisotopic (exact) mass is 167 g/mol. The molecule has 0 heterocycles. The third kappa shape index (κ3) is 0.573. The second-order valence-corrected chi connectivity index (χ2v) is 4.96. The number of fused-ring (bicyclic) bond motifs is 3. The van der Waals surface area contributed by atoms with Crippen LogP contribution in [-0.2, 0) is 0 Å². The molecule has 0 aromatic heterocycles. The Morgan fingerprint density at radius 2 is 1.67 bits per heavy atom. The normalized spacial score (nSPS) is 67.8. The summed E-state index contributed by atoms with van der Waals surface area (Å²) in [5.41, 5.74) is 18.3. The number of nitrogens with two attached hydrogens (primary N) is 3. The van der Waals surface area contributed by atoms with E-state index in [1.807, 2.05) is 0 Å². The van der Waals surface area contributed by atoms with E-state index in [1.54, 1.807) is 0 Å². The van der Waals surface area contributed by atoms with Crippen molar-refractivity contribution in [3.8, 4) is 0 Å². The largest absolute Gasteiger partial charge is 0.327 e. The van der Waals surface area contributed by atoms with E-state index < -0.39 is 0 Å². The standard InChI is InChI=1S/C9H17N3/c10-6-2-5-1-4(6)3-9(5)7(11)8(9)12/h4-8H,1-3,10-12H2/t4-,5-,6+,7?,8?,9?/m1/s1. The summed E-state index contributed by atoms with van der Waals surface area (Å²) in [6.45, 7) is 0. The maximum atomic E-state index is 5.98. The summed E-state index contributed by atoms with van der Waals surface area (Å²) in [6.07, 6.45) is 3.68. The van der Waals surface area contributed by atoms with Crippen LogP contribution in [0.25, 0.3) is 0 Å². The first-order chi connectivity index (χ1) is 5.66. The maximum Gasteiger partial charge on any atom is 0.0274 e. The summed E-state index contributed by atoms with van der Waals surface area (Å²) in [4.78, 5) is 0. The molecule has 3 aliphatic rings. The van der Waals surface area contributed by atoms with Crippen molar-refractivity contribution in [1.29, 1.82) is 0 Å². The molecule has 0 aromatic carbocycles. The van der Waals surface area contributed by atoms with Crippen molar-refractivity contribution in [2.75, 3.05) is 0 Å². The Bertz CT molecular complexity index is 218. The molecule has 5 atom stereocenters. The lowest BCUT2D eigenvalue weighted by atomic mass is 9.82. The second-order valence-electron chi connectivity index (χ2n) is 4.96. The van der Waals surface area contributed by atoms with Crippen molar-refractivity contribution in [1.82, 2.24) is 0 Å². The van der Waals surface area contributed by atoms with Gasteiger partial charge in [0.25, 0.3) is 0 Å². The Balaban J connectivity index is 1.88. The van der Waals surface area contributed by atoms with Crippen LogP contribution in [-0.4, -0.2) is 18.1 Å². The minimum Gasteiger partial charge on any atom is -0.327 e. The van der Waals surface area contributed by atoms with Gasteiger partial charge in [0.2, 0.25) is 0 Å². The molecule has 0 aliphatic heterocycles. The van der Waals surface area contributed by atoms with E-state index in [4.69, 9.17) is 17.2 Å². The fraction of sp³-hybridized carbons (Fsp3) is 1.00. The van der Waals surface area contributed by atoms with Gasteiger partial charge in [-0.2, -0.15) is 0 Å². The maximum absolute atomic E-state index is 5.98. The van der Waals surface area contributed by atoms with Gasteiger partial charge in [0.05, 0.1) is 0 Å². The van der Waals surface area contributed by atoms with Gasteiger partial charge < -0.3 is 17.2 Å². The van der Waals surface area contributed by atoms with Gasteiger partial charge in [0.15, 0.2) is 0 Å². The van der Waals surface area contributed by atoms with Gasteiger partial charge >= 0.3 is 0 Å². The minimum absolute atomic E-state index is 0.278. The number of rotatable bonds is 0. The van der Waals surface area contributed by atoms with Gasteiger partial charge in [-0.1, -0.05) is 0 Å². The molecule has 3 fully saturated rings. The van der Waals surface area contributed by atoms with E-state index >= 15 is 0 Å². The third-order valence-electron chi connectivity index (χ3n) is 4.64. The summed E-state index contributed by atoms with van der Waals surface area (Å²) in [5.74, 6) is 1.48. The van der Waals surface area contributed by atoms with Crippen LogP contribution in [0.15, 0.2) is 0 Å². The highest BCUT2D eigenvalue weighted by Crippen LogP contribution is 2.66. The first-order valence-electron chi connectivity index (χ1n) is 4.93. The molecule has 2 bridgehead atoms. The Kier molecular flexibility index (Phi) is 1.13. The van der Waals surface area contributed by atoms with Gasteiger partial charge in [-0.15, -0.1) is 0 Å². The molecule has 0 radical (unpaired) electrons. The fourth-order valence-corrected chi connectivity index (χ4v) is 3.79. The average molecular weight is 167 g/mol. The second kappa shape index (κ2) is 1.86. The van der Waals surface area contributed by atoms with E-state index in [-0.39, 0.29) is 12.1 Å². The molecule has 0 saturated heterocycles. The van der Waals surface area contributed by atoms with Crippen LogP contribution in [0.3, 0.4) is 0 Å². The van der Waals surface area contributed by atoms with Crippen LogP contribution in [0.4, 0.5) is 0 Å². The molecule has 3 rings (SSSR count). The van der Waals surface area contributed by atoms with E-state index in [1.165, 1.54) is 19.3 Å². The lowest BCUT2D eigenvalue weighted by Crippen LogP contribution is -2.33. The molecule has 3 heteroatoms. The molecule has 0 aromatic rings. The Hall–Kier alpha value is -0.120. The molecule has 3 nitrogen and oxygen atoms in total. The SMILES string of the molecule is NC1C(N)C12C[C@H]1C[C@@H]2C[C@@H]1N. The van der Waals surface area contributed by atoms with Crippen LogP contribution in [0.5, 0.6) is 0 Å². The molecule has 3 saturated carbocycles. The molecule has 6 N–H and O–H groups in total. The molecule has 0 amide bonds. The van der Waals surface area contributed by atoms with Gasteiger partial charge in [-0.25, -0.2) is 0 Å². The van der Waals surface area contributed by atoms with Gasteiger partial charge in [-0.05, 0) is 31.1 Å². The van der Waals surface area contributed by atoms with E-state index in [0.29, 0.717) is 11.5 Å². The summed E-state index contributed by atoms with van der Waals surface area (Å²) in [5, 5.41) is 0. The minimum atomic E-state index is 0.278. The van der Waals surface area contributed by atoms with E-state index in [0.717, 1.165) is 11.8 Å². The quantitative estimate of drug-likeness (QED) is 0.451. The molecule has 2 unspecified atom stereocenters. The molecule has 1 spiro atoms. The average Bonchev–Trinajstić information content (AvgIpc) is 2.47. The van der Waals surface area contributed by atoms with Gasteiger partial charge in [0.1, 0.15) is 0 Å². The Morgan fingerprint density at radius 1 is 1.00 bits per heavy atom. The zero-order valence-electron chi connectivity index (χ0n) is 7.24. The van der Waals surface area contributed by atoms with Crippen molar-refractivity contribution in [2.24, 2.45) is 34.5 Å². The lowest BCUT2D eigenvalue weighted by Gasteiger charge is -2.26. The van der Waals surface area contributed by atoms with Crippen LogP contribution >= 0.6 is 0 Å². The number of hydrogen-bond donors (Lipinski definition) is 3. The first-order valence-corrected chi connectivity index (χ1v) is 4.93. The molecule has 3 aliphatic carbocycles. The molecule has 12 heavy (non-hydrogen) atoms. The summed E-state index contributed by atoms with van der Waals surface area (Å²) >= 11 is 0. The van der Waals surface area contributed by atoms with E-state index in [2.05, 4.69) is 0 Å². The van der Waals surface area contributed by atoms with Gasteiger partial charge in [0, 0.05) is 23.5 Å². The van der Waals surface area contributed by atoms with Gasteiger partial charge in [-0.3, -0.25) is 0 Å². The third-order valence-corrected chi connectivity index (χ3v) is 4.64. The van der Waals surface area contributed by atoms with Crippen LogP contribution < -0.4 is 17.2 Å². The molecule has 68 valence electrons. The zero-order chi connectivity index (χ0) is 8.51. The predicted octanol–water partition coefficient (Wildman–Crippen LogP) is -0.602. The van der Waals surface area contributed by atoms with Crippen molar-refractivity contribution in [3.05, 3.63) is 0 Å². The van der Waals surface area contributed by atoms with Crippen LogP contribution in [0, 0.1) is 17.3 Å². The smallest absolute Gasteiger partial charge is 0.0274 e. The highest BCUT2D eigenvalue weighted by atomic mass is 15.0. The molecular formula is C9H17N3. The Labute approximate surface area is 72.7 Å². The predicted molar refractivity (Wildman–Crippen MR) is 47.2 cm³/mol. The van der Waals surface area contributed by atoms with Crippen molar-refractivity contribution in [2.45, 2.75) is 37.4 Å². The summed E-state index contributed by atoms with van der Waals surface area (Å²) in [6, 6.07) is 1.00. The fourth-order valence-electron chi connectivity index (χ4n) is 3.79. The summed E-state index contributed by atoms with van der Waals surface area (Å²) < 4.78 is 0. The molecular weight excluding hydrogens is 150 g/mol. The Morgan fingerprint density at radius 3 is 2.00 bits per heavy atom. The van der Waals surface area contributed by atoms with Crippen molar-refractivity contribution < 1.29 is 0 Å². The topological polar surface area (TPSA) is 78.1 Å². The van der Waals surface area contributed by atoms with Crippen LogP contribution in [0.1, 0.15) is 19.3 Å².